The highest BCUT2D eigenvalue weighted by molar-refractivity contribution is 8.00. The van der Waals surface area contributed by atoms with Crippen LogP contribution in [0.4, 0.5) is 0 Å². The van der Waals surface area contributed by atoms with Crippen LogP contribution in [0.5, 0.6) is 0 Å². The summed E-state index contributed by atoms with van der Waals surface area (Å²) in [4.78, 5) is 24.0. The van der Waals surface area contributed by atoms with Gasteiger partial charge < -0.3 is 5.32 Å². The van der Waals surface area contributed by atoms with Crippen molar-refractivity contribution in [2.45, 2.75) is 36.3 Å². The Morgan fingerprint density at radius 1 is 1.28 bits per heavy atom. The van der Waals surface area contributed by atoms with Crippen molar-refractivity contribution in [2.24, 2.45) is 0 Å². The van der Waals surface area contributed by atoms with Crippen LogP contribution in [0.3, 0.4) is 0 Å². The Morgan fingerprint density at radius 2 is 2.00 bits per heavy atom. The molecule has 1 fully saturated rings. The van der Waals surface area contributed by atoms with Gasteiger partial charge in [-0.05, 0) is 31.9 Å². The second-order valence-corrected chi connectivity index (χ2v) is 5.75. The third-order valence-electron chi connectivity index (χ3n) is 3.02. The second-order valence-electron chi connectivity index (χ2n) is 4.47. The number of carbonyl (C=O) groups is 2. The van der Waals surface area contributed by atoms with Gasteiger partial charge in [-0.1, -0.05) is 18.6 Å². The van der Waals surface area contributed by atoms with Crippen molar-refractivity contribution >= 4 is 23.5 Å². The largest absolute Gasteiger partial charge is 0.355 e. The molecule has 0 aromatic heterocycles. The Morgan fingerprint density at radius 3 is 2.67 bits per heavy atom. The lowest BCUT2D eigenvalue weighted by Gasteiger charge is -2.12. The number of nitrogens with one attached hydrogen (secondary N) is 1. The van der Waals surface area contributed by atoms with Crippen molar-refractivity contribution in [2.75, 3.05) is 6.54 Å². The van der Waals surface area contributed by atoms with Gasteiger partial charge in [0.15, 0.2) is 5.78 Å². The topological polar surface area (TPSA) is 46.2 Å². The molecule has 1 saturated heterocycles. The van der Waals surface area contributed by atoms with Gasteiger partial charge in [-0.3, -0.25) is 9.59 Å². The maximum Gasteiger partial charge on any atom is 0.233 e. The number of benzene rings is 1. The minimum atomic E-state index is -0.00400. The number of hydrogen-bond donors (Lipinski definition) is 1. The van der Waals surface area contributed by atoms with E-state index >= 15 is 0 Å². The molecule has 4 heteroatoms. The molecule has 0 bridgehead atoms. The van der Waals surface area contributed by atoms with Crippen LogP contribution < -0.4 is 5.32 Å². The van der Waals surface area contributed by atoms with Crippen molar-refractivity contribution in [1.82, 2.24) is 5.32 Å². The molecule has 1 heterocycles. The van der Waals surface area contributed by atoms with Crippen molar-refractivity contribution in [1.29, 1.82) is 0 Å². The number of rotatable bonds is 3. The van der Waals surface area contributed by atoms with Gasteiger partial charge >= 0.3 is 0 Å². The van der Waals surface area contributed by atoms with Crippen LogP contribution in [-0.2, 0) is 4.79 Å². The van der Waals surface area contributed by atoms with Gasteiger partial charge in [-0.2, -0.15) is 0 Å². The van der Waals surface area contributed by atoms with Crippen molar-refractivity contribution < 1.29 is 9.59 Å². The first-order valence-corrected chi connectivity index (χ1v) is 7.10. The third-order valence-corrected chi connectivity index (χ3v) is 4.30. The average Bonchev–Trinajstić information content (AvgIpc) is 2.56. The highest BCUT2D eigenvalue weighted by Gasteiger charge is 2.21. The summed E-state index contributed by atoms with van der Waals surface area (Å²) in [6.45, 7) is 2.35. The number of Topliss-reactive ketones (excluding diaryl/α,β-unsaturated/α-hetero) is 1. The van der Waals surface area contributed by atoms with E-state index in [1.165, 1.54) is 0 Å². The quantitative estimate of drug-likeness (QED) is 0.853. The summed E-state index contributed by atoms with van der Waals surface area (Å²) < 4.78 is 0. The first-order chi connectivity index (χ1) is 8.66. The van der Waals surface area contributed by atoms with Crippen molar-refractivity contribution in [3.05, 3.63) is 29.8 Å². The third kappa shape index (κ3) is 3.35. The number of amides is 1. The smallest absolute Gasteiger partial charge is 0.233 e. The molecule has 1 aromatic rings. The van der Waals surface area contributed by atoms with Crippen LogP contribution in [0, 0.1) is 0 Å². The molecule has 1 aromatic carbocycles. The normalized spacial score (nSPS) is 20.1. The first-order valence-electron chi connectivity index (χ1n) is 6.22. The summed E-state index contributed by atoms with van der Waals surface area (Å²) in [5.41, 5.74) is 0.713. The van der Waals surface area contributed by atoms with E-state index in [2.05, 4.69) is 5.32 Å². The van der Waals surface area contributed by atoms with Gasteiger partial charge in [0.05, 0.1) is 5.25 Å². The SMILES string of the molecule is CC(=O)c1ccc(SC2CCCCNC2=O)cc1. The Labute approximate surface area is 111 Å². The summed E-state index contributed by atoms with van der Waals surface area (Å²) in [5.74, 6) is 0.201. The minimum Gasteiger partial charge on any atom is -0.355 e. The first kappa shape index (κ1) is 13.1. The molecular formula is C14H17NO2S. The van der Waals surface area contributed by atoms with Crippen molar-refractivity contribution in [3.8, 4) is 0 Å². The van der Waals surface area contributed by atoms with E-state index in [-0.39, 0.29) is 16.9 Å². The number of carbonyl (C=O) groups excluding carboxylic acids is 2. The Balaban J connectivity index is 2.03. The minimum absolute atomic E-state index is 0.00400. The molecule has 1 aliphatic heterocycles. The van der Waals surface area contributed by atoms with Crippen LogP contribution >= 0.6 is 11.8 Å². The second kappa shape index (κ2) is 6.05. The lowest BCUT2D eigenvalue weighted by Crippen LogP contribution is -2.30. The predicted octanol–water partition coefficient (Wildman–Crippen LogP) is 2.65. The molecule has 3 nitrogen and oxygen atoms in total. The van der Waals surface area contributed by atoms with E-state index in [9.17, 15) is 9.59 Å². The van der Waals surface area contributed by atoms with Gasteiger partial charge in [0.25, 0.3) is 0 Å². The Kier molecular flexibility index (Phi) is 4.42. The molecule has 18 heavy (non-hydrogen) atoms. The average molecular weight is 263 g/mol. The summed E-state index contributed by atoms with van der Waals surface area (Å²) in [7, 11) is 0. The van der Waals surface area contributed by atoms with Gasteiger partial charge in [0, 0.05) is 17.0 Å². The Bertz CT molecular complexity index is 442. The zero-order valence-corrected chi connectivity index (χ0v) is 11.3. The van der Waals surface area contributed by atoms with Gasteiger partial charge in [-0.25, -0.2) is 0 Å². The molecule has 1 unspecified atom stereocenters. The zero-order chi connectivity index (χ0) is 13.0. The van der Waals surface area contributed by atoms with E-state index < -0.39 is 0 Å². The molecule has 1 N–H and O–H groups in total. The summed E-state index contributed by atoms with van der Waals surface area (Å²) in [5, 5.41) is 2.93. The van der Waals surface area contributed by atoms with E-state index in [0.717, 1.165) is 30.7 Å². The summed E-state index contributed by atoms with van der Waals surface area (Å²) in [6, 6.07) is 7.47. The van der Waals surface area contributed by atoms with Crippen molar-refractivity contribution in [3.63, 3.8) is 0 Å². The van der Waals surface area contributed by atoms with E-state index in [0.29, 0.717) is 5.56 Å². The van der Waals surface area contributed by atoms with Crippen LogP contribution in [0.1, 0.15) is 36.5 Å². The van der Waals surface area contributed by atoms with Crippen LogP contribution in [0.25, 0.3) is 0 Å². The highest BCUT2D eigenvalue weighted by atomic mass is 32.2. The fourth-order valence-electron chi connectivity index (χ4n) is 1.96. The van der Waals surface area contributed by atoms with Gasteiger partial charge in [0.2, 0.25) is 5.91 Å². The van der Waals surface area contributed by atoms with E-state index in [1.54, 1.807) is 18.7 Å². The number of thioether (sulfide) groups is 1. The lowest BCUT2D eigenvalue weighted by molar-refractivity contribution is -0.120. The van der Waals surface area contributed by atoms with E-state index in [4.69, 9.17) is 0 Å². The maximum atomic E-state index is 11.8. The van der Waals surface area contributed by atoms with Crippen LogP contribution in [0.15, 0.2) is 29.2 Å². The molecule has 0 spiro atoms. The van der Waals surface area contributed by atoms with Crippen LogP contribution in [0.2, 0.25) is 0 Å². The maximum absolute atomic E-state index is 11.8. The van der Waals surface area contributed by atoms with E-state index in [1.807, 2.05) is 24.3 Å². The zero-order valence-electron chi connectivity index (χ0n) is 10.4. The number of ketones is 1. The lowest BCUT2D eigenvalue weighted by atomic mass is 10.2. The molecule has 1 aliphatic rings. The highest BCUT2D eigenvalue weighted by Crippen LogP contribution is 2.28. The summed E-state index contributed by atoms with van der Waals surface area (Å²) >= 11 is 1.58. The Hall–Kier alpha value is -1.29. The predicted molar refractivity (Wildman–Crippen MR) is 73.0 cm³/mol. The summed E-state index contributed by atoms with van der Waals surface area (Å²) in [6.07, 6.45) is 3.07. The molecule has 0 radical (unpaired) electrons. The molecule has 1 atom stereocenters. The fourth-order valence-corrected chi connectivity index (χ4v) is 3.05. The molecule has 2 rings (SSSR count). The molecular weight excluding hydrogens is 246 g/mol. The fraction of sp³-hybridized carbons (Fsp3) is 0.429. The molecule has 96 valence electrons. The molecule has 0 saturated carbocycles. The molecule has 1 amide bonds. The molecule has 0 aliphatic carbocycles. The monoisotopic (exact) mass is 263 g/mol. The number of hydrogen-bond acceptors (Lipinski definition) is 3. The standard InChI is InChI=1S/C14H17NO2S/c1-10(16)11-5-7-12(8-6-11)18-13-4-2-3-9-15-14(13)17/h5-8,13H,2-4,9H2,1H3,(H,15,17). The van der Waals surface area contributed by atoms with Gasteiger partial charge in [0.1, 0.15) is 0 Å². The van der Waals surface area contributed by atoms with Gasteiger partial charge in [-0.15, -0.1) is 11.8 Å². The van der Waals surface area contributed by atoms with Crippen LogP contribution in [-0.4, -0.2) is 23.5 Å².